The molecule has 0 amide bonds. The first kappa shape index (κ1) is 30.5. The van der Waals surface area contributed by atoms with E-state index in [1.807, 2.05) is 6.07 Å². The van der Waals surface area contributed by atoms with E-state index in [1.165, 1.54) is 6.07 Å². The van der Waals surface area contributed by atoms with Crippen molar-refractivity contribution in [3.8, 4) is 5.75 Å². The third kappa shape index (κ3) is 9.63. The first-order valence-electron chi connectivity index (χ1n) is 13.7. The molecular weight excluding hydrogens is 506 g/mol. The van der Waals surface area contributed by atoms with Crippen molar-refractivity contribution in [2.24, 2.45) is 0 Å². The summed E-state index contributed by atoms with van der Waals surface area (Å²) < 4.78 is 36.9. The first-order valence-corrected chi connectivity index (χ1v) is 15.3. The molecule has 1 unspecified atom stereocenters. The Morgan fingerprint density at radius 3 is 2.50 bits per heavy atom. The van der Waals surface area contributed by atoms with Crippen molar-refractivity contribution in [3.63, 3.8) is 0 Å². The number of aliphatic hydroxyl groups excluding tert-OH is 2. The number of benzene rings is 2. The van der Waals surface area contributed by atoms with E-state index in [-0.39, 0.29) is 17.6 Å². The maximum atomic E-state index is 12.8. The minimum absolute atomic E-state index is 0.0303. The van der Waals surface area contributed by atoms with Gasteiger partial charge in [-0.3, -0.25) is 0 Å². The van der Waals surface area contributed by atoms with Crippen LogP contribution in [0.4, 0.5) is 0 Å². The average molecular weight is 550 g/mol. The number of aliphatic hydroxyl groups is 2. The summed E-state index contributed by atoms with van der Waals surface area (Å²) in [5.41, 5.74) is 1.94. The second-order valence-corrected chi connectivity index (χ2v) is 12.2. The van der Waals surface area contributed by atoms with E-state index in [2.05, 4.69) is 5.32 Å². The zero-order chi connectivity index (χ0) is 27.2. The van der Waals surface area contributed by atoms with E-state index in [0.29, 0.717) is 49.0 Å². The summed E-state index contributed by atoms with van der Waals surface area (Å²) in [6, 6.07) is 11.9. The Labute approximate surface area is 226 Å². The highest BCUT2D eigenvalue weighted by Crippen LogP contribution is 2.30. The lowest BCUT2D eigenvalue weighted by atomic mass is 10.1. The van der Waals surface area contributed by atoms with E-state index in [4.69, 9.17) is 9.47 Å². The van der Waals surface area contributed by atoms with E-state index in [1.54, 1.807) is 30.3 Å². The van der Waals surface area contributed by atoms with Gasteiger partial charge in [-0.2, -0.15) is 0 Å². The van der Waals surface area contributed by atoms with Gasteiger partial charge >= 0.3 is 0 Å². The molecule has 1 saturated carbocycles. The van der Waals surface area contributed by atoms with Crippen LogP contribution < -0.4 is 5.32 Å². The molecular formula is C29H43NO7S. The molecule has 1 atom stereocenters. The number of hydrogen-bond donors (Lipinski definition) is 4. The van der Waals surface area contributed by atoms with Gasteiger partial charge in [0.1, 0.15) is 5.75 Å². The van der Waals surface area contributed by atoms with Crippen LogP contribution in [0.25, 0.3) is 0 Å². The van der Waals surface area contributed by atoms with Gasteiger partial charge in [0.25, 0.3) is 0 Å². The number of hydrogen-bond acceptors (Lipinski definition) is 8. The lowest BCUT2D eigenvalue weighted by Gasteiger charge is -2.14. The number of sulfone groups is 1. The zero-order valence-electron chi connectivity index (χ0n) is 22.2. The van der Waals surface area contributed by atoms with E-state index < -0.39 is 15.9 Å². The average Bonchev–Trinajstić information content (AvgIpc) is 3.48. The predicted octanol–water partition coefficient (Wildman–Crippen LogP) is 4.02. The van der Waals surface area contributed by atoms with Crippen molar-refractivity contribution in [1.29, 1.82) is 0 Å². The molecule has 0 aliphatic heterocycles. The molecule has 3 rings (SSSR count). The van der Waals surface area contributed by atoms with Crippen molar-refractivity contribution >= 4 is 9.84 Å². The molecule has 1 aliphatic carbocycles. The Hall–Kier alpha value is -2.01. The molecule has 0 heterocycles. The molecule has 1 aliphatic rings. The lowest BCUT2D eigenvalue weighted by molar-refractivity contribution is 0.0392. The van der Waals surface area contributed by atoms with Gasteiger partial charge in [-0.1, -0.05) is 43.9 Å². The fourth-order valence-corrected chi connectivity index (χ4v) is 6.64. The van der Waals surface area contributed by atoms with Crippen LogP contribution in [0.15, 0.2) is 47.4 Å². The minimum atomic E-state index is -3.25. The van der Waals surface area contributed by atoms with Crippen molar-refractivity contribution < 1.29 is 33.2 Å². The predicted molar refractivity (Wildman–Crippen MR) is 147 cm³/mol. The fourth-order valence-electron chi connectivity index (χ4n) is 4.72. The van der Waals surface area contributed by atoms with Gasteiger partial charge in [0.05, 0.1) is 42.7 Å². The van der Waals surface area contributed by atoms with E-state index in [9.17, 15) is 23.7 Å². The second-order valence-electron chi connectivity index (χ2n) is 9.94. The quantitative estimate of drug-likeness (QED) is 0.206. The van der Waals surface area contributed by atoms with Crippen molar-refractivity contribution in [2.45, 2.75) is 80.8 Å². The highest BCUT2D eigenvalue weighted by molar-refractivity contribution is 7.92. The molecule has 212 valence electrons. The molecule has 1 fully saturated rings. The Morgan fingerprint density at radius 1 is 0.947 bits per heavy atom. The van der Waals surface area contributed by atoms with Gasteiger partial charge in [-0.15, -0.1) is 0 Å². The van der Waals surface area contributed by atoms with Crippen LogP contribution in [0.3, 0.4) is 0 Å². The summed E-state index contributed by atoms with van der Waals surface area (Å²) in [5.74, 6) is 0.0303. The molecule has 8 nitrogen and oxygen atoms in total. The van der Waals surface area contributed by atoms with Crippen LogP contribution >= 0.6 is 0 Å². The highest BCUT2D eigenvalue weighted by atomic mass is 32.2. The van der Waals surface area contributed by atoms with Gasteiger partial charge in [0.2, 0.25) is 0 Å². The molecule has 0 aromatic heterocycles. The Morgan fingerprint density at radius 2 is 1.71 bits per heavy atom. The monoisotopic (exact) mass is 549 g/mol. The number of unbranched alkanes of at least 4 members (excludes halogenated alkanes) is 3. The zero-order valence-corrected chi connectivity index (χ0v) is 23.0. The van der Waals surface area contributed by atoms with E-state index in [0.717, 1.165) is 63.5 Å². The lowest BCUT2D eigenvalue weighted by Crippen LogP contribution is -2.22. The molecule has 38 heavy (non-hydrogen) atoms. The second kappa shape index (κ2) is 16.2. The van der Waals surface area contributed by atoms with Gasteiger partial charge in [0, 0.05) is 18.7 Å². The minimum Gasteiger partial charge on any atom is -0.508 e. The molecule has 2 aromatic carbocycles. The summed E-state index contributed by atoms with van der Waals surface area (Å²) >= 11 is 0. The number of nitrogens with one attached hydrogen (secondary N) is 1. The molecule has 0 spiro atoms. The topological polar surface area (TPSA) is 125 Å². The summed E-state index contributed by atoms with van der Waals surface area (Å²) in [6.45, 7) is 2.98. The van der Waals surface area contributed by atoms with Crippen LogP contribution in [0.1, 0.15) is 74.2 Å². The summed E-state index contributed by atoms with van der Waals surface area (Å²) in [4.78, 5) is 0.405. The standard InChI is InChI=1S/C29H43NO7S/c31-21-25-19-24(12-13-28(25)32)29(33)20-30-14-5-1-2-6-15-36-16-17-37-22-23-8-7-11-27(18-23)38(34,35)26-9-3-4-10-26/h7-8,11-13,18-19,26,29-33H,1-6,9-10,14-17,20-22H2. The largest absolute Gasteiger partial charge is 0.508 e. The summed E-state index contributed by atoms with van der Waals surface area (Å²) in [5, 5.41) is 32.1. The van der Waals surface area contributed by atoms with E-state index >= 15 is 0 Å². The Balaban J connectivity index is 1.17. The van der Waals surface area contributed by atoms with Crippen LogP contribution in [0.5, 0.6) is 5.75 Å². The Kier molecular flexibility index (Phi) is 13.0. The molecule has 9 heteroatoms. The first-order chi connectivity index (χ1) is 18.4. The highest BCUT2D eigenvalue weighted by Gasteiger charge is 2.30. The third-order valence-electron chi connectivity index (χ3n) is 7.00. The van der Waals surface area contributed by atoms with Crippen molar-refractivity contribution in [1.82, 2.24) is 5.32 Å². The normalized spacial score (nSPS) is 15.2. The van der Waals surface area contributed by atoms with Crippen LogP contribution in [0.2, 0.25) is 0 Å². The molecule has 0 bridgehead atoms. The van der Waals surface area contributed by atoms with Gasteiger partial charge in [0.15, 0.2) is 9.84 Å². The molecule has 0 saturated heterocycles. The van der Waals surface area contributed by atoms with Gasteiger partial charge < -0.3 is 30.1 Å². The Bertz CT molecular complexity index is 1070. The van der Waals surface area contributed by atoms with Crippen molar-refractivity contribution in [3.05, 3.63) is 59.2 Å². The molecule has 4 N–H and O–H groups in total. The number of phenols is 1. The van der Waals surface area contributed by atoms with Crippen molar-refractivity contribution in [2.75, 3.05) is 32.9 Å². The van der Waals surface area contributed by atoms with Gasteiger partial charge in [-0.05, 0) is 67.6 Å². The summed E-state index contributed by atoms with van der Waals surface area (Å²) in [6.07, 6.45) is 6.92. The van der Waals surface area contributed by atoms with Gasteiger partial charge in [-0.25, -0.2) is 8.42 Å². The van der Waals surface area contributed by atoms with Crippen LogP contribution in [0, 0.1) is 0 Å². The maximum Gasteiger partial charge on any atom is 0.181 e. The smallest absolute Gasteiger partial charge is 0.181 e. The van der Waals surface area contributed by atoms with Crippen LogP contribution in [-0.4, -0.2) is 61.9 Å². The maximum absolute atomic E-state index is 12.8. The SMILES string of the molecule is O=S(=O)(c1cccc(COCCOCCCCCCNCC(O)c2ccc(O)c(CO)c2)c1)C1CCCC1. The third-order valence-corrected chi connectivity index (χ3v) is 9.26. The summed E-state index contributed by atoms with van der Waals surface area (Å²) in [7, 11) is -3.25. The molecule has 2 aromatic rings. The molecule has 0 radical (unpaired) electrons. The van der Waals surface area contributed by atoms with Crippen LogP contribution in [-0.2, 0) is 32.5 Å². The fraction of sp³-hybridized carbons (Fsp3) is 0.586. The number of aromatic hydroxyl groups is 1. The number of ether oxygens (including phenoxy) is 2. The number of rotatable bonds is 18.